The van der Waals surface area contributed by atoms with Crippen LogP contribution < -0.4 is 36.8 Å². The van der Waals surface area contributed by atoms with Gasteiger partial charge in [0.25, 0.3) is 11.8 Å². The zero-order valence-corrected chi connectivity index (χ0v) is 30.6. The number of aryl methyl sites for hydroxylation is 1. The zero-order valence-electron chi connectivity index (χ0n) is 27.6. The molecule has 2 aliphatic heterocycles. The molecule has 0 saturated carbocycles. The number of amidine groups is 1. The molecule has 0 fully saturated rings. The number of nitrogens with one attached hydrogen (secondary N) is 4. The van der Waals surface area contributed by atoms with Crippen molar-refractivity contribution in [1.82, 2.24) is 5.43 Å². The summed E-state index contributed by atoms with van der Waals surface area (Å²) in [6, 6.07) is 23.7. The number of benzene rings is 5. The first kappa shape index (κ1) is 34.4. The minimum absolute atomic E-state index is 0.0110. The van der Waals surface area contributed by atoms with Crippen LogP contribution in [0.5, 0.6) is 5.75 Å². The van der Waals surface area contributed by atoms with Crippen molar-refractivity contribution in [2.24, 2.45) is 9.98 Å². The third-order valence-electron chi connectivity index (χ3n) is 9.00. The summed E-state index contributed by atoms with van der Waals surface area (Å²) in [6.45, 7) is 1.84. The highest BCUT2D eigenvalue weighted by atomic mass is 35.5. The van der Waals surface area contributed by atoms with Crippen LogP contribution >= 0.6 is 46.4 Å². The van der Waals surface area contributed by atoms with E-state index in [1.54, 1.807) is 55.7 Å². The number of fused-ring (bicyclic) bond motifs is 6. The summed E-state index contributed by atoms with van der Waals surface area (Å²) in [4.78, 5) is 49.6. The summed E-state index contributed by atoms with van der Waals surface area (Å²) in [5.41, 5.74) is 12.3. The van der Waals surface area contributed by atoms with Gasteiger partial charge < -0.3 is 20.8 Å². The molecule has 5 aromatic rings. The number of anilines is 3. The van der Waals surface area contributed by atoms with Gasteiger partial charge >= 0.3 is 0 Å². The molecule has 262 valence electrons. The van der Waals surface area contributed by atoms with Gasteiger partial charge in [-0.15, -0.1) is 0 Å². The van der Waals surface area contributed by atoms with Gasteiger partial charge in [-0.2, -0.15) is 4.99 Å². The van der Waals surface area contributed by atoms with Crippen LogP contribution in [0.15, 0.2) is 94.4 Å². The van der Waals surface area contributed by atoms with E-state index in [1.165, 1.54) is 0 Å². The van der Waals surface area contributed by atoms with Gasteiger partial charge in [-0.25, -0.2) is 4.99 Å². The predicted molar refractivity (Wildman–Crippen MR) is 209 cm³/mol. The second-order valence-electron chi connectivity index (χ2n) is 12.2. The lowest BCUT2D eigenvalue weighted by Crippen LogP contribution is -2.43. The Morgan fingerprint density at radius 1 is 0.755 bits per heavy atom. The Bertz CT molecular complexity index is 2670. The Morgan fingerprint density at radius 3 is 2.21 bits per heavy atom. The third kappa shape index (κ3) is 5.90. The number of para-hydroxylation sites is 1. The van der Waals surface area contributed by atoms with Crippen molar-refractivity contribution in [2.45, 2.75) is 6.92 Å². The van der Waals surface area contributed by atoms with Gasteiger partial charge in [0.1, 0.15) is 17.3 Å². The van der Waals surface area contributed by atoms with Crippen molar-refractivity contribution < 1.29 is 19.1 Å². The van der Waals surface area contributed by atoms with Gasteiger partial charge in [0.05, 0.1) is 60.6 Å². The molecule has 0 aromatic heterocycles. The van der Waals surface area contributed by atoms with Crippen LogP contribution in [-0.2, 0) is 9.59 Å². The highest BCUT2D eigenvalue weighted by Gasteiger charge is 2.33. The van der Waals surface area contributed by atoms with Gasteiger partial charge in [-0.3, -0.25) is 19.8 Å². The highest BCUT2D eigenvalue weighted by Crippen LogP contribution is 2.44. The molecule has 0 radical (unpaired) electrons. The molecule has 1 aliphatic carbocycles. The molecule has 0 unspecified atom stereocenters. The zero-order chi connectivity index (χ0) is 37.1. The monoisotopic (exact) mass is 780 g/mol. The van der Waals surface area contributed by atoms with Crippen LogP contribution in [0, 0.1) is 6.92 Å². The van der Waals surface area contributed by atoms with Gasteiger partial charge in [0.15, 0.2) is 0 Å². The Hall–Kier alpha value is -5.65. The third-order valence-corrected chi connectivity index (χ3v) is 10.8. The number of Topliss-reactive ketones (excluding diaryl/α,β-unsaturated/α-hetero) is 1. The van der Waals surface area contributed by atoms with Crippen LogP contribution in [0.25, 0.3) is 22.9 Å². The largest absolute Gasteiger partial charge is 0.497 e. The first-order chi connectivity index (χ1) is 25.5. The average molecular weight is 782 g/mol. The molecule has 0 atom stereocenters. The summed E-state index contributed by atoms with van der Waals surface area (Å²) in [5, 5.41) is 7.14. The lowest BCUT2D eigenvalue weighted by molar-refractivity contribution is -0.117. The fourth-order valence-electron chi connectivity index (χ4n) is 6.36. The molecule has 0 bridgehead atoms. The fourth-order valence-corrected chi connectivity index (χ4v) is 7.38. The number of hydrogen-bond acceptors (Lipinski definition) is 8. The van der Waals surface area contributed by atoms with Crippen molar-refractivity contribution in [3.63, 3.8) is 0 Å². The summed E-state index contributed by atoms with van der Waals surface area (Å²) < 4.78 is 5.29. The molecule has 10 nitrogen and oxygen atoms in total. The lowest BCUT2D eigenvalue weighted by atomic mass is 9.92. The average Bonchev–Trinajstić information content (AvgIpc) is 3.70. The van der Waals surface area contributed by atoms with Crippen molar-refractivity contribution >= 4 is 104 Å². The maximum Gasteiger partial charge on any atom is 0.281 e. The normalized spacial score (nSPS) is 13.6. The summed E-state index contributed by atoms with van der Waals surface area (Å²) in [7, 11) is 1.57. The second-order valence-corrected chi connectivity index (χ2v) is 13.7. The number of carbonyl (C=O) groups excluding carboxylic acids is 3. The molecule has 14 heteroatoms. The van der Waals surface area contributed by atoms with E-state index in [0.717, 1.165) is 22.4 Å². The van der Waals surface area contributed by atoms with E-state index in [9.17, 15) is 14.4 Å². The van der Waals surface area contributed by atoms with Crippen molar-refractivity contribution in [3.05, 3.63) is 137 Å². The first-order valence-corrected chi connectivity index (χ1v) is 17.5. The number of ether oxygens (including phenoxy) is 1. The number of amides is 2. The maximum atomic E-state index is 14.3. The molecule has 3 aliphatic rings. The van der Waals surface area contributed by atoms with Gasteiger partial charge in [-0.1, -0.05) is 76.7 Å². The highest BCUT2D eigenvalue weighted by molar-refractivity contribution is 6.55. The van der Waals surface area contributed by atoms with Crippen molar-refractivity contribution in [2.75, 3.05) is 23.2 Å². The molecular formula is C39H24Cl4N6O4. The Labute approximate surface area is 321 Å². The van der Waals surface area contributed by atoms with Gasteiger partial charge in [0.2, 0.25) is 5.78 Å². The molecule has 53 heavy (non-hydrogen) atoms. The Morgan fingerprint density at radius 2 is 1.47 bits per heavy atom. The number of carbonyl (C=O) groups is 3. The molecule has 0 saturated heterocycles. The summed E-state index contributed by atoms with van der Waals surface area (Å²) >= 11 is 25.2. The number of ketones is 1. The van der Waals surface area contributed by atoms with E-state index in [2.05, 4.69) is 26.5 Å². The number of halogens is 4. The van der Waals surface area contributed by atoms with Crippen LogP contribution in [0.2, 0.25) is 20.1 Å². The molecule has 8 rings (SSSR count). The minimum atomic E-state index is -0.604. The predicted octanol–water partition coefficient (Wildman–Crippen LogP) is 7.89. The lowest BCUT2D eigenvalue weighted by Gasteiger charge is -2.20. The van der Waals surface area contributed by atoms with Crippen LogP contribution in [-0.4, -0.2) is 30.5 Å². The smallest absolute Gasteiger partial charge is 0.281 e. The SMILES string of the molecule is COc1ccc(NC(=O)C2=Cc3ccc4c(c3=C(NNc3ccc(NC5=NC(=O)c6c(Cl)c(Cl)c(Cl)c(Cl)c65)cc3)C2=O)=Nc2ccccc2-4)c(C)c1. The topological polar surface area (TPSA) is 133 Å². The minimum Gasteiger partial charge on any atom is -0.497 e. The summed E-state index contributed by atoms with van der Waals surface area (Å²) in [6.07, 6.45) is 1.59. The number of methoxy groups -OCH3 is 1. The molecule has 2 amide bonds. The molecule has 4 N–H and O–H groups in total. The Balaban J connectivity index is 1.10. The quantitative estimate of drug-likeness (QED) is 0.0561. The molecular weight excluding hydrogens is 758 g/mol. The second kappa shape index (κ2) is 13.4. The van der Waals surface area contributed by atoms with Crippen LogP contribution in [0.1, 0.15) is 27.0 Å². The maximum absolute atomic E-state index is 14.3. The van der Waals surface area contributed by atoms with Crippen LogP contribution in [0.4, 0.5) is 22.7 Å². The van der Waals surface area contributed by atoms with Gasteiger partial charge in [-0.05, 0) is 72.7 Å². The number of aliphatic imine (C=N–C) groups is 1. The van der Waals surface area contributed by atoms with E-state index in [4.69, 9.17) is 56.1 Å². The number of hydrogen-bond donors (Lipinski definition) is 4. The Kier molecular flexibility index (Phi) is 8.71. The van der Waals surface area contributed by atoms with Gasteiger partial charge in [0, 0.05) is 27.7 Å². The van der Waals surface area contributed by atoms with Crippen molar-refractivity contribution in [3.8, 4) is 16.9 Å². The first-order valence-electron chi connectivity index (χ1n) is 16.0. The van der Waals surface area contributed by atoms with E-state index in [-0.39, 0.29) is 48.3 Å². The van der Waals surface area contributed by atoms with E-state index in [1.807, 2.05) is 43.3 Å². The fraction of sp³-hybridized carbons (Fsp3) is 0.0513. The van der Waals surface area contributed by atoms with Crippen LogP contribution in [0.3, 0.4) is 0 Å². The van der Waals surface area contributed by atoms with E-state index >= 15 is 0 Å². The van der Waals surface area contributed by atoms with E-state index in [0.29, 0.717) is 39.0 Å². The number of hydrazine groups is 1. The summed E-state index contributed by atoms with van der Waals surface area (Å²) in [5.74, 6) is -0.886. The molecule has 0 spiro atoms. The number of rotatable bonds is 7. The molecule has 2 heterocycles. The molecule has 5 aromatic carbocycles. The number of nitrogens with zero attached hydrogens (tertiary/aromatic N) is 2. The van der Waals surface area contributed by atoms with E-state index < -0.39 is 17.6 Å². The standard InChI is InChI=1S/C39H24Cl4N6O4/c1-17-15-21(53-2)12-14-25(17)46-38(51)24-16-18-7-13-23-22-5-3-4-6-26(22)45-34(23)27(18)35(36(24)50)49-48-20-10-8-19(9-11-20)44-37-28-29(39(52)47-37)31(41)33(43)32(42)30(28)40/h3-16,48-49H,1-2H3,(H,46,51)(H,44,47,52). The van der Waals surface area contributed by atoms with Crippen molar-refractivity contribution in [1.29, 1.82) is 0 Å².